The van der Waals surface area contributed by atoms with Gasteiger partial charge in [0.1, 0.15) is 6.04 Å². The second-order valence-electron chi connectivity index (χ2n) is 3.16. The molecule has 1 fully saturated rings. The summed E-state index contributed by atoms with van der Waals surface area (Å²) in [5.41, 5.74) is 0. The third-order valence-electron chi connectivity index (χ3n) is 2.08. The van der Waals surface area contributed by atoms with Gasteiger partial charge in [-0.1, -0.05) is 5.01 Å². The average Bonchev–Trinajstić information content (AvgIpc) is 2.14. The molecule has 0 N–H and O–H groups in total. The van der Waals surface area contributed by atoms with Crippen LogP contribution in [0.3, 0.4) is 0 Å². The van der Waals surface area contributed by atoms with Crippen LogP contribution in [0, 0.1) is 6.57 Å². The summed E-state index contributed by atoms with van der Waals surface area (Å²) in [4.78, 5) is 2.90. The fourth-order valence-electron chi connectivity index (χ4n) is 1.41. The van der Waals surface area contributed by atoms with Gasteiger partial charge in [-0.3, -0.25) is 0 Å². The monoisotopic (exact) mass is 208 g/mol. The Bertz CT molecular complexity index is 218. The highest BCUT2D eigenvalue weighted by Gasteiger charge is 2.37. The Labute approximate surface area is 80.2 Å². The first kappa shape index (κ1) is 11.1. The van der Waals surface area contributed by atoms with Crippen LogP contribution in [-0.2, 0) is 4.74 Å². The summed E-state index contributed by atoms with van der Waals surface area (Å²) in [5, 5.41) is 0.780. The number of hydrogen-bond acceptors (Lipinski definition) is 2. The Hall–Kier alpha value is -0.960. The molecule has 1 aliphatic heterocycles. The van der Waals surface area contributed by atoms with Gasteiger partial charge in [0.05, 0.1) is 0 Å². The highest BCUT2D eigenvalue weighted by atomic mass is 19.4. The van der Waals surface area contributed by atoms with Crippen molar-refractivity contribution in [3.63, 3.8) is 0 Å². The van der Waals surface area contributed by atoms with Crippen molar-refractivity contribution in [2.24, 2.45) is 0 Å². The molecule has 0 aromatic carbocycles. The van der Waals surface area contributed by atoms with Gasteiger partial charge in [0.25, 0.3) is 0 Å². The second-order valence-corrected chi connectivity index (χ2v) is 3.16. The predicted octanol–water partition coefficient (Wildman–Crippen LogP) is 1.86. The Balaban J connectivity index is 2.49. The van der Waals surface area contributed by atoms with Crippen LogP contribution in [0.15, 0.2) is 0 Å². The first-order valence-electron chi connectivity index (χ1n) is 4.31. The van der Waals surface area contributed by atoms with E-state index in [0.717, 1.165) is 5.01 Å². The minimum absolute atomic E-state index is 0.317. The quantitative estimate of drug-likeness (QED) is 0.509. The summed E-state index contributed by atoms with van der Waals surface area (Å²) in [5.74, 6) is 0. The summed E-state index contributed by atoms with van der Waals surface area (Å²) in [6.45, 7) is 6.41. The number of hydrogen-bond donors (Lipinski definition) is 0. The maximum Gasteiger partial charge on any atom is 0.412 e. The van der Waals surface area contributed by atoms with E-state index in [9.17, 15) is 13.2 Å². The van der Waals surface area contributed by atoms with Crippen LogP contribution in [0.1, 0.15) is 12.8 Å². The Morgan fingerprint density at radius 3 is 2.36 bits per heavy atom. The Morgan fingerprint density at radius 2 is 1.93 bits per heavy atom. The highest BCUT2D eigenvalue weighted by Crippen LogP contribution is 2.22. The van der Waals surface area contributed by atoms with E-state index in [1.54, 1.807) is 0 Å². The molecular formula is C8H11F3N2O. The first-order valence-corrected chi connectivity index (χ1v) is 4.31. The molecule has 0 bridgehead atoms. The predicted molar refractivity (Wildman–Crippen MR) is 43.2 cm³/mol. The molecule has 0 amide bonds. The van der Waals surface area contributed by atoms with E-state index in [1.807, 2.05) is 0 Å². The fourth-order valence-corrected chi connectivity index (χ4v) is 1.41. The summed E-state index contributed by atoms with van der Waals surface area (Å²) >= 11 is 0. The largest absolute Gasteiger partial charge is 0.412 e. The molecule has 1 saturated heterocycles. The highest BCUT2D eigenvalue weighted by molar-refractivity contribution is 4.78. The molecule has 1 rings (SSSR count). The molecule has 0 aliphatic carbocycles. The Kier molecular flexibility index (Phi) is 3.58. The standard InChI is InChI=1S/C8H11F3N2O/c1-12-13(6-8(9,10)11)7-2-4-14-5-3-7/h7H,2-6H2. The zero-order chi connectivity index (χ0) is 10.6. The number of nitrogens with zero attached hydrogens (tertiary/aromatic N) is 2. The van der Waals surface area contributed by atoms with Gasteiger partial charge in [-0.25, -0.2) is 0 Å². The zero-order valence-corrected chi connectivity index (χ0v) is 7.55. The van der Waals surface area contributed by atoms with Crippen molar-refractivity contribution in [3.8, 4) is 0 Å². The summed E-state index contributed by atoms with van der Waals surface area (Å²) in [6.07, 6.45) is -3.31. The SMILES string of the molecule is [C-]#[N+]N(CC(F)(F)F)C1CCOCC1. The summed E-state index contributed by atoms with van der Waals surface area (Å²) < 4.78 is 41.1. The minimum Gasteiger partial charge on any atom is -0.381 e. The van der Waals surface area contributed by atoms with E-state index in [4.69, 9.17) is 11.3 Å². The lowest BCUT2D eigenvalue weighted by Gasteiger charge is -2.25. The van der Waals surface area contributed by atoms with Crippen molar-refractivity contribution in [1.82, 2.24) is 5.01 Å². The van der Waals surface area contributed by atoms with Gasteiger partial charge in [0.15, 0.2) is 6.54 Å². The van der Waals surface area contributed by atoms with E-state index < -0.39 is 12.7 Å². The number of ether oxygens (including phenoxy) is 1. The molecule has 0 spiro atoms. The third kappa shape index (κ3) is 3.42. The van der Waals surface area contributed by atoms with Gasteiger partial charge < -0.3 is 4.74 Å². The summed E-state index contributed by atoms with van der Waals surface area (Å²) in [7, 11) is 0. The average molecular weight is 208 g/mol. The zero-order valence-electron chi connectivity index (χ0n) is 7.55. The van der Waals surface area contributed by atoms with Crippen LogP contribution in [0.5, 0.6) is 0 Å². The first-order chi connectivity index (χ1) is 6.53. The third-order valence-corrected chi connectivity index (χ3v) is 2.08. The van der Waals surface area contributed by atoms with E-state index in [-0.39, 0.29) is 6.04 Å². The number of rotatable bonds is 2. The van der Waals surface area contributed by atoms with Crippen LogP contribution in [-0.4, -0.2) is 37.0 Å². The molecule has 0 unspecified atom stereocenters. The van der Waals surface area contributed by atoms with Gasteiger partial charge in [-0.2, -0.15) is 24.7 Å². The van der Waals surface area contributed by atoms with Gasteiger partial charge in [-0.05, 0) is 12.8 Å². The van der Waals surface area contributed by atoms with E-state index in [1.165, 1.54) is 0 Å². The molecule has 80 valence electrons. The van der Waals surface area contributed by atoms with Crippen molar-refractivity contribution < 1.29 is 17.9 Å². The van der Waals surface area contributed by atoms with Crippen LogP contribution in [0.2, 0.25) is 0 Å². The second kappa shape index (κ2) is 4.51. The summed E-state index contributed by atoms with van der Waals surface area (Å²) in [6, 6.07) is -0.317. The molecular weight excluding hydrogens is 197 g/mol. The molecule has 6 heteroatoms. The van der Waals surface area contributed by atoms with Gasteiger partial charge >= 0.3 is 6.18 Å². The van der Waals surface area contributed by atoms with E-state index in [2.05, 4.69) is 4.95 Å². The molecule has 1 aliphatic rings. The molecule has 0 aromatic heterocycles. The molecule has 1 heterocycles. The van der Waals surface area contributed by atoms with Gasteiger partial charge in [-0.15, -0.1) is 0 Å². The topological polar surface area (TPSA) is 16.8 Å². The molecule has 0 saturated carbocycles. The lowest BCUT2D eigenvalue weighted by Crippen LogP contribution is -2.40. The van der Waals surface area contributed by atoms with Crippen molar-refractivity contribution in [1.29, 1.82) is 0 Å². The minimum atomic E-state index is -4.30. The van der Waals surface area contributed by atoms with Crippen LogP contribution in [0.25, 0.3) is 4.95 Å². The van der Waals surface area contributed by atoms with Crippen molar-refractivity contribution in [3.05, 3.63) is 11.5 Å². The van der Waals surface area contributed by atoms with Crippen LogP contribution < -0.4 is 0 Å². The molecule has 0 radical (unpaired) electrons. The van der Waals surface area contributed by atoms with Crippen molar-refractivity contribution in [2.75, 3.05) is 19.8 Å². The normalized spacial score (nSPS) is 19.0. The van der Waals surface area contributed by atoms with Gasteiger partial charge in [0, 0.05) is 13.2 Å². The number of halogens is 3. The van der Waals surface area contributed by atoms with Crippen LogP contribution in [0.4, 0.5) is 13.2 Å². The van der Waals surface area contributed by atoms with Crippen molar-refractivity contribution in [2.45, 2.75) is 25.1 Å². The van der Waals surface area contributed by atoms with Crippen molar-refractivity contribution >= 4 is 0 Å². The molecule has 0 aromatic rings. The lowest BCUT2D eigenvalue weighted by molar-refractivity contribution is -0.147. The van der Waals surface area contributed by atoms with Gasteiger partial charge in [0.2, 0.25) is 0 Å². The smallest absolute Gasteiger partial charge is 0.381 e. The van der Waals surface area contributed by atoms with Crippen LogP contribution >= 0.6 is 0 Å². The van der Waals surface area contributed by atoms with E-state index >= 15 is 0 Å². The maximum atomic E-state index is 12.0. The lowest BCUT2D eigenvalue weighted by atomic mass is 10.1. The fraction of sp³-hybridized carbons (Fsp3) is 0.875. The molecule has 3 nitrogen and oxygen atoms in total. The molecule has 0 atom stereocenters. The maximum absolute atomic E-state index is 12.0. The number of alkyl halides is 3. The Morgan fingerprint density at radius 1 is 1.36 bits per heavy atom. The molecule has 14 heavy (non-hydrogen) atoms. The van der Waals surface area contributed by atoms with E-state index in [0.29, 0.717) is 26.1 Å².